The highest BCUT2D eigenvalue weighted by Crippen LogP contribution is 2.43. The molecule has 0 bridgehead atoms. The zero-order valence-electron chi connectivity index (χ0n) is 24.2. The molecule has 2 N–H and O–H groups in total. The van der Waals surface area contributed by atoms with Crippen molar-refractivity contribution < 1.29 is 18.4 Å². The molecule has 226 valence electrons. The number of carbonyl (C=O) groups is 2. The summed E-state index contributed by atoms with van der Waals surface area (Å²) in [5.41, 5.74) is 11.2. The number of fused-ring (bicyclic) bond motifs is 1. The Bertz CT molecular complexity index is 1760. The monoisotopic (exact) mass is 597 g/mol. The van der Waals surface area contributed by atoms with Crippen LogP contribution >= 0.6 is 0 Å². The number of anilines is 1. The summed E-state index contributed by atoms with van der Waals surface area (Å²) >= 11 is 0. The van der Waals surface area contributed by atoms with Crippen LogP contribution in [0.25, 0.3) is 28.1 Å². The fourth-order valence-electron chi connectivity index (χ4n) is 6.39. The van der Waals surface area contributed by atoms with Crippen LogP contribution in [0.2, 0.25) is 0 Å². The molecule has 0 radical (unpaired) electrons. The maximum absolute atomic E-state index is 15.4. The number of likely N-dealkylation sites (tertiary alicyclic amines) is 1. The van der Waals surface area contributed by atoms with Crippen molar-refractivity contribution in [2.45, 2.75) is 30.6 Å². The molecule has 2 saturated heterocycles. The number of benzene rings is 2. The number of hydrogen-bond acceptors (Lipinski definition) is 5. The largest absolute Gasteiger partial charge is 0.383 e. The number of carbonyl (C=O) groups excluding carboxylic acids is 2. The summed E-state index contributed by atoms with van der Waals surface area (Å²) in [6.45, 7) is 4.05. The molecule has 7 rings (SSSR count). The molecule has 4 heterocycles. The molecular formula is C33H33F2N7O2. The molecule has 3 amide bonds. The molecule has 44 heavy (non-hydrogen) atoms. The van der Waals surface area contributed by atoms with E-state index in [4.69, 9.17) is 10.7 Å². The number of nitrogens with two attached hydrogens (primary N) is 1. The molecule has 3 aliphatic rings. The van der Waals surface area contributed by atoms with Crippen molar-refractivity contribution in [3.8, 4) is 17.1 Å². The lowest BCUT2D eigenvalue weighted by atomic mass is 9.95. The number of nitrogens with zero attached hydrogens (tertiary/aromatic N) is 6. The Morgan fingerprint density at radius 2 is 1.66 bits per heavy atom. The van der Waals surface area contributed by atoms with Gasteiger partial charge in [-0.05, 0) is 72.4 Å². The Labute approximate surface area is 253 Å². The number of nitrogen functional groups attached to an aromatic ring is 1. The van der Waals surface area contributed by atoms with Crippen LogP contribution in [0.5, 0.6) is 0 Å². The van der Waals surface area contributed by atoms with Gasteiger partial charge in [-0.15, -0.1) is 0 Å². The molecule has 2 aromatic carbocycles. The van der Waals surface area contributed by atoms with Gasteiger partial charge in [-0.1, -0.05) is 24.8 Å². The van der Waals surface area contributed by atoms with Gasteiger partial charge >= 0.3 is 6.03 Å². The summed E-state index contributed by atoms with van der Waals surface area (Å²) in [5.74, 6) is -2.90. The van der Waals surface area contributed by atoms with Gasteiger partial charge in [0.05, 0.1) is 29.1 Å². The number of aromatic nitrogens is 3. The lowest BCUT2D eigenvalue weighted by molar-refractivity contribution is -0.127. The minimum absolute atomic E-state index is 0.0901. The number of urea groups is 1. The standard InChI is InChI=1S/C33H33F2N7O2/c1-2-29(43)39-14-16-40(17-15-39)32(44)41-19-26(33(34,35)20-41)22-7-10-24(11-8-22)42-28-18-23(21-5-6-21)9-12-27(28)38-31(42)25-4-3-13-37-30(25)36/h2-4,7-13,18,21,26H,1,5-6,14-17,19-20H2,(H2,36,37). The summed E-state index contributed by atoms with van der Waals surface area (Å²) in [6, 6.07) is 16.6. The van der Waals surface area contributed by atoms with Gasteiger partial charge in [0.2, 0.25) is 5.91 Å². The topological polar surface area (TPSA) is 101 Å². The smallest absolute Gasteiger partial charge is 0.320 e. The number of rotatable bonds is 5. The van der Waals surface area contributed by atoms with Gasteiger partial charge in [-0.25, -0.2) is 23.5 Å². The van der Waals surface area contributed by atoms with E-state index in [1.807, 2.05) is 34.9 Å². The van der Waals surface area contributed by atoms with E-state index in [1.165, 1.54) is 16.5 Å². The molecule has 0 spiro atoms. The van der Waals surface area contributed by atoms with Crippen molar-refractivity contribution in [2.75, 3.05) is 45.0 Å². The van der Waals surface area contributed by atoms with E-state index in [-0.39, 0.29) is 12.5 Å². The van der Waals surface area contributed by atoms with Crippen molar-refractivity contribution in [3.05, 3.63) is 84.6 Å². The molecule has 1 saturated carbocycles. The fraction of sp³-hybridized carbons (Fsp3) is 0.333. The SMILES string of the molecule is C=CC(=O)N1CCN(C(=O)N2CC(c3ccc(-n4c(-c5cccnc5N)nc5ccc(C6CC6)cc54)cc3)C(F)(F)C2)CC1. The van der Waals surface area contributed by atoms with E-state index < -0.39 is 24.4 Å². The highest BCUT2D eigenvalue weighted by Gasteiger charge is 2.51. The Balaban J connectivity index is 1.16. The van der Waals surface area contributed by atoms with Crippen molar-refractivity contribution in [3.63, 3.8) is 0 Å². The molecule has 1 atom stereocenters. The van der Waals surface area contributed by atoms with Gasteiger partial charge in [-0.2, -0.15) is 0 Å². The van der Waals surface area contributed by atoms with Gasteiger partial charge < -0.3 is 20.4 Å². The second-order valence-corrected chi connectivity index (χ2v) is 11.8. The van der Waals surface area contributed by atoms with Gasteiger partial charge in [0, 0.05) is 44.6 Å². The van der Waals surface area contributed by atoms with Crippen molar-refractivity contribution in [1.82, 2.24) is 29.2 Å². The van der Waals surface area contributed by atoms with Gasteiger partial charge in [0.25, 0.3) is 5.92 Å². The molecule has 9 nitrogen and oxygen atoms in total. The predicted molar refractivity (Wildman–Crippen MR) is 164 cm³/mol. The third-order valence-electron chi connectivity index (χ3n) is 8.98. The number of piperazine rings is 1. The van der Waals surface area contributed by atoms with E-state index >= 15 is 8.78 Å². The number of alkyl halides is 2. The predicted octanol–water partition coefficient (Wildman–Crippen LogP) is 5.03. The molecular weight excluding hydrogens is 564 g/mol. The van der Waals surface area contributed by atoms with Crippen LogP contribution in [-0.4, -0.2) is 86.4 Å². The lowest BCUT2D eigenvalue weighted by Crippen LogP contribution is -2.53. The Morgan fingerprint density at radius 1 is 0.955 bits per heavy atom. The zero-order valence-corrected chi connectivity index (χ0v) is 24.2. The number of hydrogen-bond donors (Lipinski definition) is 1. The summed E-state index contributed by atoms with van der Waals surface area (Å²) in [6.07, 6.45) is 5.20. The molecule has 11 heteroatoms. The first-order valence-electron chi connectivity index (χ1n) is 14.9. The third-order valence-corrected chi connectivity index (χ3v) is 8.98. The highest BCUT2D eigenvalue weighted by atomic mass is 19.3. The van der Waals surface area contributed by atoms with E-state index in [0.717, 1.165) is 29.6 Å². The van der Waals surface area contributed by atoms with E-state index in [1.54, 1.807) is 28.1 Å². The van der Waals surface area contributed by atoms with Crippen LogP contribution in [-0.2, 0) is 4.79 Å². The normalized spacial score (nSPS) is 19.9. The molecule has 4 aromatic rings. The number of amides is 3. The first-order chi connectivity index (χ1) is 21.2. The van der Waals surface area contributed by atoms with Crippen molar-refractivity contribution in [2.24, 2.45) is 0 Å². The molecule has 1 aliphatic carbocycles. The van der Waals surface area contributed by atoms with Crippen molar-refractivity contribution >= 4 is 28.8 Å². The molecule has 1 unspecified atom stereocenters. The van der Waals surface area contributed by atoms with Gasteiger partial charge in [-0.3, -0.25) is 9.36 Å². The van der Waals surface area contributed by atoms with Crippen LogP contribution in [0, 0.1) is 0 Å². The lowest BCUT2D eigenvalue weighted by Gasteiger charge is -2.36. The Hall–Kier alpha value is -4.80. The van der Waals surface area contributed by atoms with Crippen LogP contribution in [0.3, 0.4) is 0 Å². The average molecular weight is 598 g/mol. The number of halogens is 2. The summed E-state index contributed by atoms with van der Waals surface area (Å²) < 4.78 is 32.8. The Morgan fingerprint density at radius 3 is 2.34 bits per heavy atom. The molecule has 3 fully saturated rings. The maximum Gasteiger partial charge on any atom is 0.320 e. The second-order valence-electron chi connectivity index (χ2n) is 11.8. The number of imidazole rings is 1. The fourth-order valence-corrected chi connectivity index (χ4v) is 6.39. The molecule has 2 aromatic heterocycles. The number of pyridine rings is 1. The van der Waals surface area contributed by atoms with Gasteiger partial charge in [0.1, 0.15) is 11.6 Å². The minimum atomic E-state index is -3.09. The summed E-state index contributed by atoms with van der Waals surface area (Å²) in [5, 5.41) is 0. The van der Waals surface area contributed by atoms with Gasteiger partial charge in [0.15, 0.2) is 0 Å². The minimum Gasteiger partial charge on any atom is -0.383 e. The third kappa shape index (κ3) is 4.95. The summed E-state index contributed by atoms with van der Waals surface area (Å²) in [7, 11) is 0. The second kappa shape index (κ2) is 10.7. The summed E-state index contributed by atoms with van der Waals surface area (Å²) in [4.78, 5) is 38.6. The van der Waals surface area contributed by atoms with Crippen molar-refractivity contribution in [1.29, 1.82) is 0 Å². The van der Waals surface area contributed by atoms with Crippen LogP contribution in [0.15, 0.2) is 73.4 Å². The van der Waals surface area contributed by atoms with Crippen LogP contribution in [0.1, 0.15) is 35.8 Å². The van der Waals surface area contributed by atoms with E-state index in [9.17, 15) is 9.59 Å². The quantitative estimate of drug-likeness (QED) is 0.325. The Kier molecular flexibility index (Phi) is 6.83. The van der Waals surface area contributed by atoms with E-state index in [0.29, 0.717) is 54.9 Å². The first-order valence-corrected chi connectivity index (χ1v) is 14.9. The first kappa shape index (κ1) is 28.0. The average Bonchev–Trinajstić information content (AvgIpc) is 3.75. The van der Waals surface area contributed by atoms with Crippen LogP contribution < -0.4 is 5.73 Å². The zero-order chi connectivity index (χ0) is 30.6. The van der Waals surface area contributed by atoms with Crippen LogP contribution in [0.4, 0.5) is 19.4 Å². The van der Waals surface area contributed by atoms with E-state index in [2.05, 4.69) is 23.7 Å². The highest BCUT2D eigenvalue weighted by molar-refractivity contribution is 5.87. The molecule has 2 aliphatic heterocycles. The maximum atomic E-state index is 15.4.